The van der Waals surface area contributed by atoms with Crippen molar-refractivity contribution in [1.29, 1.82) is 0 Å². The van der Waals surface area contributed by atoms with E-state index in [1.807, 2.05) is 18.2 Å². The average molecular weight is 209 g/mol. The minimum absolute atomic E-state index is 0.473. The highest BCUT2D eigenvalue weighted by Crippen LogP contribution is 2.17. The summed E-state index contributed by atoms with van der Waals surface area (Å²) >= 11 is 5.81. The highest BCUT2D eigenvalue weighted by atomic mass is 35.5. The van der Waals surface area contributed by atoms with Crippen molar-refractivity contribution in [2.24, 2.45) is 0 Å². The topological polar surface area (TPSA) is 37.9 Å². The van der Waals surface area contributed by atoms with Crippen LogP contribution in [0.1, 0.15) is 5.69 Å². The van der Waals surface area contributed by atoms with Crippen molar-refractivity contribution in [2.45, 2.75) is 6.61 Å². The van der Waals surface area contributed by atoms with Gasteiger partial charge in [0.15, 0.2) is 0 Å². The van der Waals surface area contributed by atoms with Crippen molar-refractivity contribution < 1.29 is 4.74 Å². The zero-order valence-electron chi connectivity index (χ0n) is 7.40. The van der Waals surface area contributed by atoms with Gasteiger partial charge in [0.2, 0.25) is 0 Å². The second-order valence-corrected chi connectivity index (χ2v) is 3.26. The highest BCUT2D eigenvalue weighted by Gasteiger charge is 1.96. The molecule has 0 atom stereocenters. The zero-order chi connectivity index (χ0) is 9.80. The normalized spacial score (nSPS) is 10.1. The predicted molar refractivity (Wildman–Crippen MR) is 54.4 cm³/mol. The standard InChI is InChI=1S/C10H9ClN2O/c11-8-2-1-3-10(4-8)14-6-9-5-12-7-13-9/h1-5,7H,6H2,(H,12,13). The Hall–Kier alpha value is -1.48. The first-order valence-electron chi connectivity index (χ1n) is 4.20. The molecule has 0 amide bonds. The molecule has 1 heterocycles. The number of halogens is 1. The Kier molecular flexibility index (Phi) is 2.70. The van der Waals surface area contributed by atoms with Gasteiger partial charge in [-0.1, -0.05) is 17.7 Å². The molecule has 0 radical (unpaired) electrons. The van der Waals surface area contributed by atoms with E-state index in [0.29, 0.717) is 11.6 Å². The van der Waals surface area contributed by atoms with Crippen LogP contribution in [0.5, 0.6) is 5.75 Å². The fourth-order valence-corrected chi connectivity index (χ4v) is 1.26. The van der Waals surface area contributed by atoms with Gasteiger partial charge in [-0.25, -0.2) is 4.98 Å². The molecule has 0 saturated carbocycles. The Morgan fingerprint density at radius 2 is 2.36 bits per heavy atom. The minimum atomic E-state index is 0.473. The third kappa shape index (κ3) is 2.26. The molecule has 4 heteroatoms. The third-order valence-electron chi connectivity index (χ3n) is 1.75. The summed E-state index contributed by atoms with van der Waals surface area (Å²) in [6.07, 6.45) is 3.35. The number of H-pyrrole nitrogens is 1. The highest BCUT2D eigenvalue weighted by molar-refractivity contribution is 6.30. The van der Waals surface area contributed by atoms with E-state index in [1.165, 1.54) is 0 Å². The molecule has 0 aliphatic heterocycles. The summed E-state index contributed by atoms with van der Waals surface area (Å²) in [5.41, 5.74) is 0.935. The van der Waals surface area contributed by atoms with Gasteiger partial charge in [0.1, 0.15) is 12.4 Å². The fourth-order valence-electron chi connectivity index (χ4n) is 1.08. The Morgan fingerprint density at radius 1 is 1.43 bits per heavy atom. The van der Waals surface area contributed by atoms with Crippen molar-refractivity contribution >= 4 is 11.6 Å². The van der Waals surface area contributed by atoms with Crippen molar-refractivity contribution in [3.63, 3.8) is 0 Å². The molecule has 0 saturated heterocycles. The third-order valence-corrected chi connectivity index (χ3v) is 1.98. The lowest BCUT2D eigenvalue weighted by Gasteiger charge is -2.03. The van der Waals surface area contributed by atoms with Crippen LogP contribution in [0.3, 0.4) is 0 Å². The quantitative estimate of drug-likeness (QED) is 0.842. The lowest BCUT2D eigenvalue weighted by Crippen LogP contribution is -1.94. The second-order valence-electron chi connectivity index (χ2n) is 2.82. The minimum Gasteiger partial charge on any atom is -0.487 e. The van der Waals surface area contributed by atoms with E-state index in [-0.39, 0.29) is 0 Å². The number of benzene rings is 1. The van der Waals surface area contributed by atoms with Crippen molar-refractivity contribution in [2.75, 3.05) is 0 Å². The van der Waals surface area contributed by atoms with Gasteiger partial charge >= 0.3 is 0 Å². The monoisotopic (exact) mass is 208 g/mol. The SMILES string of the molecule is Clc1cccc(OCc2cnc[nH]2)c1. The molecule has 1 aromatic heterocycles. The van der Waals surface area contributed by atoms with E-state index in [9.17, 15) is 0 Å². The smallest absolute Gasteiger partial charge is 0.130 e. The Balaban J connectivity index is 1.98. The number of aromatic nitrogens is 2. The molecule has 2 aromatic rings. The number of nitrogens with zero attached hydrogens (tertiary/aromatic N) is 1. The van der Waals surface area contributed by atoms with Crippen LogP contribution in [0.15, 0.2) is 36.8 Å². The van der Waals surface area contributed by atoms with E-state index < -0.39 is 0 Å². The molecule has 3 nitrogen and oxygen atoms in total. The molecule has 0 aliphatic carbocycles. The lowest BCUT2D eigenvalue weighted by atomic mass is 10.3. The van der Waals surface area contributed by atoms with Gasteiger partial charge in [-0.2, -0.15) is 0 Å². The first-order valence-corrected chi connectivity index (χ1v) is 4.58. The fraction of sp³-hybridized carbons (Fsp3) is 0.100. The van der Waals surface area contributed by atoms with Crippen LogP contribution in [0.2, 0.25) is 5.02 Å². The number of hydrogen-bond acceptors (Lipinski definition) is 2. The van der Waals surface area contributed by atoms with Gasteiger partial charge in [-0.05, 0) is 18.2 Å². The molecule has 14 heavy (non-hydrogen) atoms. The van der Waals surface area contributed by atoms with Crippen molar-refractivity contribution in [3.8, 4) is 5.75 Å². The van der Waals surface area contributed by atoms with Crippen LogP contribution >= 0.6 is 11.6 Å². The molecule has 2 rings (SSSR count). The van der Waals surface area contributed by atoms with Crippen LogP contribution in [-0.2, 0) is 6.61 Å². The molecule has 0 aliphatic rings. The summed E-state index contributed by atoms with van der Waals surface area (Å²) in [5, 5.41) is 0.673. The second kappa shape index (κ2) is 4.15. The maximum Gasteiger partial charge on any atom is 0.130 e. The van der Waals surface area contributed by atoms with Gasteiger partial charge in [-0.15, -0.1) is 0 Å². The number of rotatable bonds is 3. The van der Waals surface area contributed by atoms with Crippen molar-refractivity contribution in [3.05, 3.63) is 47.5 Å². The van der Waals surface area contributed by atoms with Crippen LogP contribution in [0.25, 0.3) is 0 Å². The number of aromatic amines is 1. The summed E-state index contributed by atoms with van der Waals surface area (Å²) in [6, 6.07) is 7.30. The van der Waals surface area contributed by atoms with Crippen LogP contribution < -0.4 is 4.74 Å². The van der Waals surface area contributed by atoms with E-state index in [2.05, 4.69) is 9.97 Å². The summed E-state index contributed by atoms with van der Waals surface area (Å²) < 4.78 is 5.48. The first-order chi connectivity index (χ1) is 6.84. The van der Waals surface area contributed by atoms with Gasteiger partial charge < -0.3 is 9.72 Å². The molecule has 1 N–H and O–H groups in total. The molecule has 0 unspecified atom stereocenters. The molecule has 0 bridgehead atoms. The van der Waals surface area contributed by atoms with Crippen molar-refractivity contribution in [1.82, 2.24) is 9.97 Å². The van der Waals surface area contributed by atoms with E-state index in [0.717, 1.165) is 11.4 Å². The van der Waals surface area contributed by atoms with Crippen LogP contribution in [-0.4, -0.2) is 9.97 Å². The Labute approximate surface area is 86.7 Å². The number of hydrogen-bond donors (Lipinski definition) is 1. The summed E-state index contributed by atoms with van der Waals surface area (Å²) in [5.74, 6) is 0.757. The predicted octanol–water partition coefficient (Wildman–Crippen LogP) is 2.64. The maximum atomic E-state index is 5.81. The van der Waals surface area contributed by atoms with E-state index in [1.54, 1.807) is 18.6 Å². The lowest BCUT2D eigenvalue weighted by molar-refractivity contribution is 0.302. The molecule has 0 fully saturated rings. The Bertz CT molecular complexity index is 400. The maximum absolute atomic E-state index is 5.81. The number of imidazole rings is 1. The van der Waals surface area contributed by atoms with E-state index >= 15 is 0 Å². The summed E-state index contributed by atoms with van der Waals surface area (Å²) in [4.78, 5) is 6.84. The van der Waals surface area contributed by atoms with Gasteiger partial charge in [0, 0.05) is 5.02 Å². The van der Waals surface area contributed by atoms with Gasteiger partial charge in [-0.3, -0.25) is 0 Å². The molecule has 1 aromatic carbocycles. The van der Waals surface area contributed by atoms with Crippen LogP contribution in [0.4, 0.5) is 0 Å². The van der Waals surface area contributed by atoms with E-state index in [4.69, 9.17) is 16.3 Å². The number of nitrogens with one attached hydrogen (secondary N) is 1. The molecular formula is C10H9ClN2O. The molecule has 72 valence electrons. The Morgan fingerprint density at radius 3 is 3.07 bits per heavy atom. The van der Waals surface area contributed by atoms with Gasteiger partial charge in [0.05, 0.1) is 18.2 Å². The van der Waals surface area contributed by atoms with Crippen LogP contribution in [0, 0.1) is 0 Å². The zero-order valence-corrected chi connectivity index (χ0v) is 8.16. The summed E-state index contributed by atoms with van der Waals surface area (Å²) in [6.45, 7) is 0.473. The molecular weight excluding hydrogens is 200 g/mol. The summed E-state index contributed by atoms with van der Waals surface area (Å²) in [7, 11) is 0. The van der Waals surface area contributed by atoms with Gasteiger partial charge in [0.25, 0.3) is 0 Å². The molecule has 0 spiro atoms. The first kappa shape index (κ1) is 9.09. The number of ether oxygens (including phenoxy) is 1. The largest absolute Gasteiger partial charge is 0.487 e. The average Bonchev–Trinajstić information content (AvgIpc) is 2.67.